The van der Waals surface area contributed by atoms with Crippen molar-refractivity contribution >= 4 is 17.4 Å². The van der Waals surface area contributed by atoms with Gasteiger partial charge in [0.25, 0.3) is 0 Å². The van der Waals surface area contributed by atoms with Crippen LogP contribution in [0.5, 0.6) is 5.75 Å². The second-order valence-electron chi connectivity index (χ2n) is 7.43. The van der Waals surface area contributed by atoms with Crippen LogP contribution >= 0.6 is 0 Å². The summed E-state index contributed by atoms with van der Waals surface area (Å²) in [5, 5.41) is 2.90. The highest BCUT2D eigenvalue weighted by Crippen LogP contribution is 2.16. The third-order valence-electron chi connectivity index (χ3n) is 4.95. The van der Waals surface area contributed by atoms with E-state index in [2.05, 4.69) is 16.3 Å². The summed E-state index contributed by atoms with van der Waals surface area (Å²) in [4.78, 5) is 27.0. The number of rotatable bonds is 10. The van der Waals surface area contributed by atoms with Crippen molar-refractivity contribution in [1.29, 1.82) is 0 Å². The van der Waals surface area contributed by atoms with E-state index in [0.717, 1.165) is 56.3 Å². The first-order valence-corrected chi connectivity index (χ1v) is 10.6. The fourth-order valence-electron chi connectivity index (χ4n) is 3.32. The zero-order valence-corrected chi connectivity index (χ0v) is 17.6. The average molecular weight is 411 g/mol. The lowest BCUT2D eigenvalue weighted by molar-refractivity contribution is -0.116. The molecule has 1 fully saturated rings. The van der Waals surface area contributed by atoms with Crippen LogP contribution in [0, 0.1) is 0 Å². The van der Waals surface area contributed by atoms with E-state index in [9.17, 15) is 9.59 Å². The topological polar surface area (TPSA) is 67.9 Å². The molecule has 1 N–H and O–H groups in total. The van der Waals surface area contributed by atoms with Crippen LogP contribution in [0.2, 0.25) is 0 Å². The number of carbonyl (C=O) groups excluding carboxylic acids is 2. The van der Waals surface area contributed by atoms with Gasteiger partial charge in [0.05, 0.1) is 19.8 Å². The van der Waals surface area contributed by atoms with E-state index in [4.69, 9.17) is 9.47 Å². The largest absolute Gasteiger partial charge is 0.494 e. The number of ether oxygens (including phenoxy) is 2. The van der Waals surface area contributed by atoms with Crippen LogP contribution in [0.4, 0.5) is 5.69 Å². The number of hydrogen-bond donors (Lipinski definition) is 1. The molecule has 30 heavy (non-hydrogen) atoms. The van der Waals surface area contributed by atoms with E-state index in [1.807, 2.05) is 25.1 Å². The lowest BCUT2D eigenvalue weighted by Gasteiger charge is -2.26. The molecule has 1 heterocycles. The van der Waals surface area contributed by atoms with Gasteiger partial charge in [0, 0.05) is 43.7 Å². The molecular formula is C24H30N2O4. The second-order valence-corrected chi connectivity index (χ2v) is 7.43. The summed E-state index contributed by atoms with van der Waals surface area (Å²) in [6.07, 6.45) is 1.26. The highest BCUT2D eigenvalue weighted by Gasteiger charge is 2.12. The molecule has 0 bridgehead atoms. The molecule has 0 atom stereocenters. The van der Waals surface area contributed by atoms with Gasteiger partial charge in [-0.15, -0.1) is 0 Å². The Labute approximate surface area is 178 Å². The Hall–Kier alpha value is -2.70. The van der Waals surface area contributed by atoms with Crippen LogP contribution < -0.4 is 10.1 Å². The first-order valence-electron chi connectivity index (χ1n) is 10.6. The number of ketones is 1. The molecule has 0 spiro atoms. The molecule has 6 heteroatoms. The second kappa shape index (κ2) is 11.5. The van der Waals surface area contributed by atoms with Gasteiger partial charge in [-0.25, -0.2) is 0 Å². The predicted octanol–water partition coefficient (Wildman–Crippen LogP) is 3.91. The van der Waals surface area contributed by atoms with Gasteiger partial charge < -0.3 is 14.8 Å². The molecule has 1 saturated heterocycles. The Balaban J connectivity index is 1.46. The number of Topliss-reactive ketones (excluding diaryl/α,β-unsaturated/α-hetero) is 1. The van der Waals surface area contributed by atoms with Crippen molar-refractivity contribution in [2.24, 2.45) is 0 Å². The molecule has 1 aliphatic rings. The summed E-state index contributed by atoms with van der Waals surface area (Å²) in [5.74, 6) is 0.547. The molecule has 160 valence electrons. The molecule has 3 rings (SSSR count). The van der Waals surface area contributed by atoms with Crippen molar-refractivity contribution in [2.75, 3.05) is 38.2 Å². The quantitative estimate of drug-likeness (QED) is 0.602. The van der Waals surface area contributed by atoms with E-state index in [-0.39, 0.29) is 24.5 Å². The summed E-state index contributed by atoms with van der Waals surface area (Å²) in [7, 11) is 0. The summed E-state index contributed by atoms with van der Waals surface area (Å²) >= 11 is 0. The number of morpholine rings is 1. The number of amides is 1. The Morgan fingerprint density at radius 3 is 2.57 bits per heavy atom. The summed E-state index contributed by atoms with van der Waals surface area (Å²) in [6, 6.07) is 15.0. The molecule has 1 amide bonds. The lowest BCUT2D eigenvalue weighted by atomic mass is 10.1. The molecule has 2 aromatic rings. The highest BCUT2D eigenvalue weighted by atomic mass is 16.5. The van der Waals surface area contributed by atoms with Crippen molar-refractivity contribution < 1.29 is 19.1 Å². The minimum Gasteiger partial charge on any atom is -0.494 e. The first-order chi connectivity index (χ1) is 14.6. The standard InChI is InChI=1S/C24H30N2O4/c1-2-14-30-22-8-6-20(7-9-22)23(27)10-11-24(28)25-21-5-3-4-19(17-21)18-26-12-15-29-16-13-26/h3-9,17H,2,10-16,18H2,1H3,(H,25,28). The molecular weight excluding hydrogens is 380 g/mol. The Morgan fingerprint density at radius 2 is 1.83 bits per heavy atom. The summed E-state index contributed by atoms with van der Waals surface area (Å²) in [5.41, 5.74) is 2.51. The van der Waals surface area contributed by atoms with Gasteiger partial charge in [-0.05, 0) is 48.4 Å². The highest BCUT2D eigenvalue weighted by molar-refractivity contribution is 6.00. The van der Waals surface area contributed by atoms with Crippen LogP contribution in [-0.2, 0) is 16.1 Å². The number of benzene rings is 2. The maximum absolute atomic E-state index is 12.4. The Morgan fingerprint density at radius 1 is 1.07 bits per heavy atom. The number of hydrogen-bond acceptors (Lipinski definition) is 5. The first kappa shape index (κ1) is 22.0. The van der Waals surface area contributed by atoms with Gasteiger partial charge in [0.2, 0.25) is 5.91 Å². The average Bonchev–Trinajstić information content (AvgIpc) is 2.77. The van der Waals surface area contributed by atoms with Crippen LogP contribution in [0.1, 0.15) is 42.1 Å². The van der Waals surface area contributed by atoms with Crippen LogP contribution in [0.15, 0.2) is 48.5 Å². The van der Waals surface area contributed by atoms with Gasteiger partial charge in [0.1, 0.15) is 5.75 Å². The van der Waals surface area contributed by atoms with Crippen molar-refractivity contribution in [3.63, 3.8) is 0 Å². The normalized spacial score (nSPS) is 14.3. The minimum absolute atomic E-state index is 0.0479. The van der Waals surface area contributed by atoms with E-state index >= 15 is 0 Å². The number of nitrogens with zero attached hydrogens (tertiary/aromatic N) is 1. The van der Waals surface area contributed by atoms with Crippen molar-refractivity contribution in [3.8, 4) is 5.75 Å². The predicted molar refractivity (Wildman–Crippen MR) is 117 cm³/mol. The zero-order valence-electron chi connectivity index (χ0n) is 17.6. The lowest BCUT2D eigenvalue weighted by Crippen LogP contribution is -2.35. The van der Waals surface area contributed by atoms with Crippen molar-refractivity contribution in [3.05, 3.63) is 59.7 Å². The Kier molecular flexibility index (Phi) is 8.41. The van der Waals surface area contributed by atoms with E-state index in [1.54, 1.807) is 24.3 Å². The maximum atomic E-state index is 12.4. The summed E-state index contributed by atoms with van der Waals surface area (Å²) < 4.78 is 10.9. The van der Waals surface area contributed by atoms with E-state index < -0.39 is 0 Å². The van der Waals surface area contributed by atoms with Gasteiger partial charge in [0.15, 0.2) is 5.78 Å². The monoisotopic (exact) mass is 410 g/mol. The van der Waals surface area contributed by atoms with E-state index in [0.29, 0.717) is 12.2 Å². The number of carbonyl (C=O) groups is 2. The van der Waals surface area contributed by atoms with Gasteiger partial charge in [-0.1, -0.05) is 19.1 Å². The minimum atomic E-state index is -0.158. The Bertz CT molecular complexity index is 829. The smallest absolute Gasteiger partial charge is 0.224 e. The SMILES string of the molecule is CCCOc1ccc(C(=O)CCC(=O)Nc2cccc(CN3CCOCC3)c2)cc1. The van der Waals surface area contributed by atoms with E-state index in [1.165, 1.54) is 0 Å². The molecule has 0 aromatic heterocycles. The zero-order chi connectivity index (χ0) is 21.2. The molecule has 0 radical (unpaired) electrons. The molecule has 1 aliphatic heterocycles. The molecule has 6 nitrogen and oxygen atoms in total. The molecule has 0 aliphatic carbocycles. The fourth-order valence-corrected chi connectivity index (χ4v) is 3.32. The molecule has 0 saturated carbocycles. The fraction of sp³-hybridized carbons (Fsp3) is 0.417. The molecule has 0 unspecified atom stereocenters. The third kappa shape index (κ3) is 6.97. The van der Waals surface area contributed by atoms with Crippen molar-refractivity contribution in [1.82, 2.24) is 4.90 Å². The van der Waals surface area contributed by atoms with Crippen molar-refractivity contribution in [2.45, 2.75) is 32.7 Å². The molecule has 2 aromatic carbocycles. The van der Waals surface area contributed by atoms with Crippen LogP contribution in [0.25, 0.3) is 0 Å². The number of nitrogens with one attached hydrogen (secondary N) is 1. The van der Waals surface area contributed by atoms with Gasteiger partial charge in [-0.3, -0.25) is 14.5 Å². The summed E-state index contributed by atoms with van der Waals surface area (Å²) in [6.45, 7) is 6.90. The van der Waals surface area contributed by atoms with Gasteiger partial charge >= 0.3 is 0 Å². The number of anilines is 1. The van der Waals surface area contributed by atoms with Crippen LogP contribution in [0.3, 0.4) is 0 Å². The third-order valence-corrected chi connectivity index (χ3v) is 4.95. The maximum Gasteiger partial charge on any atom is 0.224 e. The van der Waals surface area contributed by atoms with Gasteiger partial charge in [-0.2, -0.15) is 0 Å². The van der Waals surface area contributed by atoms with Crippen LogP contribution in [-0.4, -0.2) is 49.5 Å².